The minimum absolute atomic E-state index is 0.0778. The number of esters is 1. The number of hydrogen-bond acceptors (Lipinski definition) is 4. The molecule has 1 fully saturated rings. The third-order valence-corrected chi connectivity index (χ3v) is 5.02. The molecule has 0 bridgehead atoms. The molecule has 2 heterocycles. The molecule has 0 radical (unpaired) electrons. The lowest BCUT2D eigenvalue weighted by Crippen LogP contribution is -2.33. The lowest BCUT2D eigenvalue weighted by molar-refractivity contribution is -0.148. The summed E-state index contributed by atoms with van der Waals surface area (Å²) in [7, 11) is 0. The van der Waals surface area contributed by atoms with Crippen LogP contribution in [0.2, 0.25) is 0 Å². The van der Waals surface area contributed by atoms with E-state index in [9.17, 15) is 14.0 Å². The van der Waals surface area contributed by atoms with Gasteiger partial charge in [0, 0.05) is 17.5 Å². The first kappa shape index (κ1) is 17.4. The minimum Gasteiger partial charge on any atom is -0.452 e. The molecule has 1 unspecified atom stereocenters. The van der Waals surface area contributed by atoms with Crippen molar-refractivity contribution in [3.05, 3.63) is 64.1 Å². The van der Waals surface area contributed by atoms with Crippen LogP contribution in [-0.2, 0) is 14.3 Å². The number of ether oxygens (including phenoxy) is 1. The van der Waals surface area contributed by atoms with E-state index in [0.717, 1.165) is 17.7 Å². The fourth-order valence-electron chi connectivity index (χ4n) is 2.88. The van der Waals surface area contributed by atoms with E-state index in [1.807, 2.05) is 17.5 Å². The van der Waals surface area contributed by atoms with Gasteiger partial charge in [-0.2, -0.15) is 0 Å². The monoisotopic (exact) mass is 359 g/mol. The second-order valence-electron chi connectivity index (χ2n) is 5.76. The number of amides is 1. The van der Waals surface area contributed by atoms with Crippen LogP contribution in [-0.4, -0.2) is 29.9 Å². The van der Waals surface area contributed by atoms with E-state index in [-0.39, 0.29) is 24.4 Å². The summed E-state index contributed by atoms with van der Waals surface area (Å²) in [6.07, 6.45) is 4.53. The van der Waals surface area contributed by atoms with E-state index in [1.165, 1.54) is 24.3 Å². The first-order valence-corrected chi connectivity index (χ1v) is 8.95. The molecule has 130 valence electrons. The first-order chi connectivity index (χ1) is 12.1. The fraction of sp³-hybridized carbons (Fsp3) is 0.263. The summed E-state index contributed by atoms with van der Waals surface area (Å²) < 4.78 is 18.1. The van der Waals surface area contributed by atoms with Gasteiger partial charge in [-0.1, -0.05) is 18.2 Å². The van der Waals surface area contributed by atoms with Crippen molar-refractivity contribution in [3.8, 4) is 0 Å². The number of carbonyl (C=O) groups excluding carboxylic acids is 2. The normalized spacial score (nSPS) is 17.2. The highest BCUT2D eigenvalue weighted by Gasteiger charge is 2.30. The van der Waals surface area contributed by atoms with E-state index in [4.69, 9.17) is 4.74 Å². The van der Waals surface area contributed by atoms with Crippen molar-refractivity contribution in [2.45, 2.75) is 18.9 Å². The van der Waals surface area contributed by atoms with Crippen LogP contribution in [0.1, 0.15) is 29.3 Å². The molecule has 25 heavy (non-hydrogen) atoms. The zero-order valence-electron chi connectivity index (χ0n) is 13.6. The summed E-state index contributed by atoms with van der Waals surface area (Å²) in [5.74, 6) is -1.19. The maximum absolute atomic E-state index is 13.1. The molecule has 1 aromatic heterocycles. The molecule has 0 saturated carbocycles. The third kappa shape index (κ3) is 4.54. The standard InChI is InChI=1S/C19H18FNO3S/c20-15-5-1-4-14(12-15)8-9-19(23)24-13-18(22)21-10-2-6-16(21)17-7-3-11-25-17/h1,3-5,7-9,11-12,16H,2,6,10,13H2/b9-8+. The van der Waals surface area contributed by atoms with Gasteiger partial charge in [-0.05, 0) is 48.1 Å². The van der Waals surface area contributed by atoms with E-state index in [0.29, 0.717) is 12.1 Å². The van der Waals surface area contributed by atoms with Gasteiger partial charge in [0.25, 0.3) is 5.91 Å². The summed E-state index contributed by atoms with van der Waals surface area (Å²) in [4.78, 5) is 27.0. The van der Waals surface area contributed by atoms with E-state index in [2.05, 4.69) is 0 Å². The van der Waals surface area contributed by atoms with Gasteiger partial charge in [0.1, 0.15) is 5.82 Å². The molecule has 0 spiro atoms. The van der Waals surface area contributed by atoms with Crippen LogP contribution < -0.4 is 0 Å². The van der Waals surface area contributed by atoms with Crippen molar-refractivity contribution >= 4 is 29.3 Å². The molecule has 4 nitrogen and oxygen atoms in total. The Morgan fingerprint density at radius 3 is 2.96 bits per heavy atom. The van der Waals surface area contributed by atoms with Crippen molar-refractivity contribution < 1.29 is 18.7 Å². The number of likely N-dealkylation sites (tertiary alicyclic amines) is 1. The lowest BCUT2D eigenvalue weighted by atomic mass is 10.2. The molecule has 1 aliphatic rings. The van der Waals surface area contributed by atoms with E-state index in [1.54, 1.807) is 28.4 Å². The van der Waals surface area contributed by atoms with Gasteiger partial charge in [-0.3, -0.25) is 4.79 Å². The summed E-state index contributed by atoms with van der Waals surface area (Å²) in [5.41, 5.74) is 0.556. The Labute approximate surface area is 149 Å². The minimum atomic E-state index is -0.621. The van der Waals surface area contributed by atoms with Crippen LogP contribution in [0.25, 0.3) is 6.08 Å². The molecule has 1 saturated heterocycles. The molecule has 1 amide bonds. The van der Waals surface area contributed by atoms with E-state index < -0.39 is 5.97 Å². The fourth-order valence-corrected chi connectivity index (χ4v) is 3.75. The maximum Gasteiger partial charge on any atom is 0.331 e. The molecular weight excluding hydrogens is 341 g/mol. The molecule has 6 heteroatoms. The molecular formula is C19H18FNO3S. The van der Waals surface area contributed by atoms with Crippen LogP contribution in [0.5, 0.6) is 0 Å². The van der Waals surface area contributed by atoms with Gasteiger partial charge in [-0.25, -0.2) is 9.18 Å². The Kier molecular flexibility index (Phi) is 5.60. The van der Waals surface area contributed by atoms with Crippen LogP contribution in [0.4, 0.5) is 4.39 Å². The Balaban J connectivity index is 1.52. The molecule has 1 aliphatic heterocycles. The second kappa shape index (κ2) is 8.07. The average molecular weight is 359 g/mol. The number of thiophene rings is 1. The van der Waals surface area contributed by atoms with Gasteiger partial charge in [0.15, 0.2) is 6.61 Å². The summed E-state index contributed by atoms with van der Waals surface area (Å²) in [5, 5.41) is 1.99. The van der Waals surface area contributed by atoms with Crippen molar-refractivity contribution in [3.63, 3.8) is 0 Å². The predicted octanol–water partition coefficient (Wildman–Crippen LogP) is 3.81. The van der Waals surface area contributed by atoms with Crippen LogP contribution in [0.3, 0.4) is 0 Å². The molecule has 1 aromatic carbocycles. The molecule has 0 N–H and O–H groups in total. The molecule has 0 aliphatic carbocycles. The van der Waals surface area contributed by atoms with Gasteiger partial charge in [-0.15, -0.1) is 11.3 Å². The number of hydrogen-bond donors (Lipinski definition) is 0. The highest BCUT2D eigenvalue weighted by atomic mass is 32.1. The average Bonchev–Trinajstić information content (AvgIpc) is 3.28. The van der Waals surface area contributed by atoms with Crippen molar-refractivity contribution in [2.24, 2.45) is 0 Å². The topological polar surface area (TPSA) is 46.6 Å². The van der Waals surface area contributed by atoms with E-state index >= 15 is 0 Å². The third-order valence-electron chi connectivity index (χ3n) is 4.04. The number of halogens is 1. The Morgan fingerprint density at radius 2 is 2.20 bits per heavy atom. The highest BCUT2D eigenvalue weighted by Crippen LogP contribution is 2.34. The molecule has 2 aromatic rings. The SMILES string of the molecule is O=C(/C=C/c1cccc(F)c1)OCC(=O)N1CCCC1c1cccs1. The summed E-state index contributed by atoms with van der Waals surface area (Å²) in [6, 6.07) is 9.94. The van der Waals surface area contributed by atoms with Crippen LogP contribution in [0, 0.1) is 5.82 Å². The highest BCUT2D eigenvalue weighted by molar-refractivity contribution is 7.10. The second-order valence-corrected chi connectivity index (χ2v) is 6.74. The molecule has 1 atom stereocenters. The first-order valence-electron chi connectivity index (χ1n) is 8.07. The van der Waals surface area contributed by atoms with Crippen molar-refractivity contribution in [2.75, 3.05) is 13.2 Å². The van der Waals surface area contributed by atoms with Crippen molar-refractivity contribution in [1.29, 1.82) is 0 Å². The number of nitrogens with zero attached hydrogens (tertiary/aromatic N) is 1. The predicted molar refractivity (Wildman–Crippen MR) is 94.4 cm³/mol. The summed E-state index contributed by atoms with van der Waals surface area (Å²) >= 11 is 1.63. The quantitative estimate of drug-likeness (QED) is 0.602. The van der Waals surface area contributed by atoms with Crippen LogP contribution in [0.15, 0.2) is 47.9 Å². The largest absolute Gasteiger partial charge is 0.452 e. The smallest absolute Gasteiger partial charge is 0.331 e. The maximum atomic E-state index is 13.1. The van der Waals surface area contributed by atoms with Gasteiger partial charge >= 0.3 is 5.97 Å². The lowest BCUT2D eigenvalue weighted by Gasteiger charge is -2.23. The number of carbonyl (C=O) groups is 2. The van der Waals surface area contributed by atoms with Gasteiger partial charge in [0.05, 0.1) is 6.04 Å². The van der Waals surface area contributed by atoms with Crippen molar-refractivity contribution in [1.82, 2.24) is 4.90 Å². The Morgan fingerprint density at radius 1 is 1.32 bits per heavy atom. The number of rotatable bonds is 5. The Bertz CT molecular complexity index is 773. The van der Waals surface area contributed by atoms with Gasteiger partial charge in [0.2, 0.25) is 0 Å². The van der Waals surface area contributed by atoms with Crippen LogP contribution >= 0.6 is 11.3 Å². The van der Waals surface area contributed by atoms with Gasteiger partial charge < -0.3 is 9.64 Å². The zero-order chi connectivity index (χ0) is 17.6. The number of benzene rings is 1. The zero-order valence-corrected chi connectivity index (χ0v) is 14.4. The Hall–Kier alpha value is -2.47. The molecule has 3 rings (SSSR count). The summed E-state index contributed by atoms with van der Waals surface area (Å²) in [6.45, 7) is 0.395.